The number of carbonyl (C=O) groups excluding carboxylic acids is 2. The number of ether oxygens (including phenoxy) is 1. The summed E-state index contributed by atoms with van der Waals surface area (Å²) < 4.78 is 5.97. The van der Waals surface area contributed by atoms with Crippen LogP contribution in [0, 0.1) is 5.92 Å². The van der Waals surface area contributed by atoms with Crippen LogP contribution in [0.1, 0.15) is 51.5 Å². The summed E-state index contributed by atoms with van der Waals surface area (Å²) in [5.41, 5.74) is 2.91. The number of nitrogens with zero attached hydrogens (tertiary/aromatic N) is 1. The second kappa shape index (κ2) is 9.68. The van der Waals surface area contributed by atoms with Crippen molar-refractivity contribution in [1.29, 1.82) is 0 Å². The van der Waals surface area contributed by atoms with E-state index in [1.807, 2.05) is 25.1 Å². The summed E-state index contributed by atoms with van der Waals surface area (Å²) in [5, 5.41) is 6.11. The fraction of sp³-hybridized carbons (Fsp3) is 0.571. The molecule has 0 bridgehead atoms. The van der Waals surface area contributed by atoms with Gasteiger partial charge in [-0.15, -0.1) is 0 Å². The van der Waals surface area contributed by atoms with Gasteiger partial charge in [-0.1, -0.05) is 19.9 Å². The van der Waals surface area contributed by atoms with Gasteiger partial charge in [0.15, 0.2) is 0 Å². The Morgan fingerprint density at radius 1 is 1.29 bits per heavy atom. The molecule has 1 fully saturated rings. The van der Waals surface area contributed by atoms with Crippen molar-refractivity contribution in [1.82, 2.24) is 20.6 Å². The molecule has 3 N–H and O–H groups in total. The fourth-order valence-corrected chi connectivity index (χ4v) is 3.72. The van der Waals surface area contributed by atoms with Crippen LogP contribution in [0.4, 0.5) is 0 Å². The van der Waals surface area contributed by atoms with E-state index in [1.165, 1.54) is 0 Å². The molecule has 2 aromatic rings. The highest BCUT2D eigenvalue weighted by Gasteiger charge is 2.35. The third-order valence-electron chi connectivity index (χ3n) is 5.32. The highest BCUT2D eigenvalue weighted by atomic mass is 16.5. The second-order valence-corrected chi connectivity index (χ2v) is 7.42. The Kier molecular flexibility index (Phi) is 7.03. The first kappa shape index (κ1) is 20.3. The van der Waals surface area contributed by atoms with E-state index in [4.69, 9.17) is 4.74 Å². The van der Waals surface area contributed by atoms with Crippen molar-refractivity contribution in [3.05, 3.63) is 30.1 Å². The van der Waals surface area contributed by atoms with E-state index >= 15 is 0 Å². The first-order valence-electron chi connectivity index (χ1n) is 10.2. The molecule has 1 saturated carbocycles. The maximum absolute atomic E-state index is 12.7. The van der Waals surface area contributed by atoms with E-state index in [0.29, 0.717) is 26.0 Å². The molecule has 3 atom stereocenters. The minimum absolute atomic E-state index is 0.00849. The molecular weight excluding hydrogens is 356 g/mol. The zero-order valence-electron chi connectivity index (χ0n) is 16.7. The topological polar surface area (TPSA) is 96.1 Å². The Labute approximate surface area is 165 Å². The van der Waals surface area contributed by atoms with Crippen LogP contribution in [0.25, 0.3) is 11.0 Å². The highest BCUT2D eigenvalue weighted by Crippen LogP contribution is 2.27. The maximum atomic E-state index is 12.7. The average molecular weight is 386 g/mol. The van der Waals surface area contributed by atoms with E-state index in [9.17, 15) is 9.59 Å². The maximum Gasteiger partial charge on any atom is 0.223 e. The lowest BCUT2D eigenvalue weighted by atomic mass is 9.83. The number of H-pyrrole nitrogens is 1. The van der Waals surface area contributed by atoms with Crippen molar-refractivity contribution < 1.29 is 14.3 Å². The predicted octanol–water partition coefficient (Wildman–Crippen LogP) is 2.67. The van der Waals surface area contributed by atoms with Crippen LogP contribution in [0.2, 0.25) is 0 Å². The number of fused-ring (bicyclic) bond motifs is 1. The van der Waals surface area contributed by atoms with Crippen molar-refractivity contribution in [2.24, 2.45) is 5.92 Å². The summed E-state index contributed by atoms with van der Waals surface area (Å²) in [7, 11) is 0. The Bertz CT molecular complexity index is 804. The number of imidazole rings is 1. The molecule has 28 heavy (non-hydrogen) atoms. The van der Waals surface area contributed by atoms with Gasteiger partial charge >= 0.3 is 0 Å². The molecule has 3 rings (SSSR count). The van der Waals surface area contributed by atoms with Crippen LogP contribution in [0.3, 0.4) is 0 Å². The molecule has 152 valence electrons. The highest BCUT2D eigenvalue weighted by molar-refractivity contribution is 5.80. The van der Waals surface area contributed by atoms with E-state index in [0.717, 1.165) is 35.9 Å². The van der Waals surface area contributed by atoms with Gasteiger partial charge in [0.25, 0.3) is 0 Å². The third kappa shape index (κ3) is 5.10. The first-order chi connectivity index (χ1) is 13.6. The van der Waals surface area contributed by atoms with Crippen molar-refractivity contribution in [3.63, 3.8) is 0 Å². The minimum Gasteiger partial charge on any atom is -0.376 e. The quantitative estimate of drug-likeness (QED) is 0.650. The number of hydrogen-bond acceptors (Lipinski definition) is 4. The Hall–Kier alpha value is -2.41. The summed E-state index contributed by atoms with van der Waals surface area (Å²) in [6.45, 7) is 5.03. The zero-order valence-corrected chi connectivity index (χ0v) is 16.7. The van der Waals surface area contributed by atoms with E-state index in [2.05, 4.69) is 27.5 Å². The molecule has 0 saturated heterocycles. The van der Waals surface area contributed by atoms with Crippen molar-refractivity contribution >= 4 is 22.8 Å². The predicted molar refractivity (Wildman–Crippen MR) is 108 cm³/mol. The van der Waals surface area contributed by atoms with Gasteiger partial charge in [0.1, 0.15) is 0 Å². The lowest BCUT2D eigenvalue weighted by Gasteiger charge is -2.36. The summed E-state index contributed by atoms with van der Waals surface area (Å²) in [4.78, 5) is 31.8. The molecule has 0 radical (unpaired) electrons. The molecule has 1 heterocycles. The number of amides is 2. The molecule has 1 aromatic carbocycles. The van der Waals surface area contributed by atoms with Crippen LogP contribution in [-0.4, -0.2) is 40.5 Å². The van der Waals surface area contributed by atoms with Gasteiger partial charge in [-0.25, -0.2) is 4.98 Å². The Balaban J connectivity index is 1.56. The number of aromatic amines is 1. The number of rotatable bonds is 8. The normalized spacial score (nSPS) is 22.1. The number of aromatic nitrogens is 2. The third-order valence-corrected chi connectivity index (χ3v) is 5.32. The first-order valence-corrected chi connectivity index (χ1v) is 10.2. The summed E-state index contributed by atoms with van der Waals surface area (Å²) >= 11 is 0. The van der Waals surface area contributed by atoms with Gasteiger partial charge in [0.05, 0.1) is 29.5 Å². The lowest BCUT2D eigenvalue weighted by molar-refractivity contribution is -0.129. The van der Waals surface area contributed by atoms with Gasteiger partial charge in [-0.2, -0.15) is 0 Å². The fourth-order valence-electron chi connectivity index (χ4n) is 3.72. The number of benzene rings is 1. The minimum atomic E-state index is -0.110. The smallest absolute Gasteiger partial charge is 0.223 e. The van der Waals surface area contributed by atoms with Crippen LogP contribution in [-0.2, 0) is 20.9 Å². The molecule has 7 heteroatoms. The van der Waals surface area contributed by atoms with E-state index < -0.39 is 0 Å². The Morgan fingerprint density at radius 2 is 2.14 bits per heavy atom. The molecule has 1 aliphatic carbocycles. The van der Waals surface area contributed by atoms with Gasteiger partial charge in [-0.05, 0) is 43.4 Å². The standard InChI is InChI=1S/C21H30N4O3/c1-3-9-28-19-11-15(6-8-17(19)25-20(26)4-2)21(27)22-12-14-5-7-16-18(10-14)24-13-23-16/h5,7,10,13,15,17,19H,3-4,6,8-9,11-12H2,1-2H3,(H,22,27)(H,23,24)(H,25,26)/t15-,17-,19-/m0/s1. The number of carbonyl (C=O) groups is 2. The average Bonchev–Trinajstić information content (AvgIpc) is 3.18. The number of hydrogen-bond donors (Lipinski definition) is 3. The molecule has 0 unspecified atom stereocenters. The second-order valence-electron chi connectivity index (χ2n) is 7.42. The molecule has 0 spiro atoms. The molecule has 2 amide bonds. The SMILES string of the molecule is CCCO[C@H]1C[C@@H](C(=O)NCc2ccc3nc[nH]c3c2)CC[C@@H]1NC(=O)CC. The van der Waals surface area contributed by atoms with Gasteiger partial charge in [-0.3, -0.25) is 9.59 Å². The van der Waals surface area contributed by atoms with Crippen LogP contribution < -0.4 is 10.6 Å². The summed E-state index contributed by atoms with van der Waals surface area (Å²) in [6.07, 6.45) is 5.09. The van der Waals surface area contributed by atoms with Gasteiger partial charge in [0.2, 0.25) is 11.8 Å². The Morgan fingerprint density at radius 3 is 2.93 bits per heavy atom. The van der Waals surface area contributed by atoms with Crippen LogP contribution >= 0.6 is 0 Å². The molecule has 1 aliphatic rings. The van der Waals surface area contributed by atoms with Crippen LogP contribution in [0.5, 0.6) is 0 Å². The van der Waals surface area contributed by atoms with Crippen LogP contribution in [0.15, 0.2) is 24.5 Å². The van der Waals surface area contributed by atoms with E-state index in [1.54, 1.807) is 6.33 Å². The molecule has 7 nitrogen and oxygen atoms in total. The number of nitrogens with one attached hydrogen (secondary N) is 3. The van der Waals surface area contributed by atoms with Crippen molar-refractivity contribution in [2.75, 3.05) is 6.61 Å². The summed E-state index contributed by atoms with van der Waals surface area (Å²) in [6, 6.07) is 5.93. The van der Waals surface area contributed by atoms with E-state index in [-0.39, 0.29) is 29.9 Å². The lowest BCUT2D eigenvalue weighted by Crippen LogP contribution is -2.50. The zero-order chi connectivity index (χ0) is 19.9. The van der Waals surface area contributed by atoms with Gasteiger partial charge in [0, 0.05) is 25.5 Å². The van der Waals surface area contributed by atoms with Crippen molar-refractivity contribution in [2.45, 2.75) is 64.6 Å². The molecule has 1 aromatic heterocycles. The molecule has 0 aliphatic heterocycles. The summed E-state index contributed by atoms with van der Waals surface area (Å²) in [5.74, 6) is -0.00482. The van der Waals surface area contributed by atoms with Crippen molar-refractivity contribution in [3.8, 4) is 0 Å². The molecular formula is C21H30N4O3. The van der Waals surface area contributed by atoms with Gasteiger partial charge < -0.3 is 20.4 Å². The largest absolute Gasteiger partial charge is 0.376 e. The monoisotopic (exact) mass is 386 g/mol.